The van der Waals surface area contributed by atoms with Crippen molar-refractivity contribution in [1.82, 2.24) is 10.2 Å². The average molecular weight is 566 g/mol. The van der Waals surface area contributed by atoms with Gasteiger partial charge in [0.1, 0.15) is 17.5 Å². The van der Waals surface area contributed by atoms with Crippen molar-refractivity contribution in [3.05, 3.63) is 77.1 Å². The molecular formula is C31H33ClFN3O4. The highest BCUT2D eigenvalue weighted by Gasteiger charge is 2.72. The predicted octanol–water partition coefficient (Wildman–Crippen LogP) is 4.71. The summed E-state index contributed by atoms with van der Waals surface area (Å²) >= 11 is 5.91. The highest BCUT2D eigenvalue weighted by molar-refractivity contribution is 6.31. The molecule has 4 aliphatic rings. The third-order valence-corrected chi connectivity index (χ3v) is 9.63. The van der Waals surface area contributed by atoms with Gasteiger partial charge in [0.05, 0.1) is 23.0 Å². The molecule has 1 saturated carbocycles. The van der Waals surface area contributed by atoms with Crippen LogP contribution in [0.1, 0.15) is 38.7 Å². The zero-order valence-corrected chi connectivity index (χ0v) is 23.2. The number of likely N-dealkylation sites (tertiary alicyclic amines) is 1. The topological polar surface area (TPSA) is 87.7 Å². The van der Waals surface area contributed by atoms with Crippen LogP contribution in [0.3, 0.4) is 0 Å². The van der Waals surface area contributed by atoms with E-state index in [1.165, 1.54) is 18.2 Å². The summed E-state index contributed by atoms with van der Waals surface area (Å²) in [5.41, 5.74) is -0.0595. The van der Waals surface area contributed by atoms with Crippen LogP contribution >= 0.6 is 11.6 Å². The largest absolute Gasteiger partial charge is 0.359 e. The Hall–Kier alpha value is -3.23. The summed E-state index contributed by atoms with van der Waals surface area (Å²) in [6.07, 6.45) is 5.98. The Labute approximate surface area is 238 Å². The van der Waals surface area contributed by atoms with Crippen molar-refractivity contribution in [3.8, 4) is 0 Å². The monoisotopic (exact) mass is 565 g/mol. The summed E-state index contributed by atoms with van der Waals surface area (Å²) in [6, 6.07) is 12.5. The Bertz CT molecular complexity index is 1370. The highest BCUT2D eigenvalue weighted by Crippen LogP contribution is 2.55. The van der Waals surface area contributed by atoms with Crippen molar-refractivity contribution in [2.24, 2.45) is 23.7 Å². The molecule has 2 bridgehead atoms. The Morgan fingerprint density at radius 3 is 2.65 bits per heavy atom. The lowest BCUT2D eigenvalue weighted by Gasteiger charge is -2.38. The summed E-state index contributed by atoms with van der Waals surface area (Å²) in [5, 5.41) is 5.92. The molecular weight excluding hydrogens is 533 g/mol. The summed E-state index contributed by atoms with van der Waals surface area (Å²) < 4.78 is 20.1. The van der Waals surface area contributed by atoms with Gasteiger partial charge in [-0.2, -0.15) is 0 Å². The molecule has 7 nitrogen and oxygen atoms in total. The molecule has 210 valence electrons. The number of nitrogens with one attached hydrogen (secondary N) is 2. The molecule has 6 rings (SSSR count). The number of nitrogens with zero attached hydrogens (tertiary/aromatic N) is 1. The molecule has 40 heavy (non-hydrogen) atoms. The second kappa shape index (κ2) is 10.3. The minimum atomic E-state index is -1.26. The average Bonchev–Trinajstić information content (AvgIpc) is 3.57. The van der Waals surface area contributed by atoms with Gasteiger partial charge in [-0.05, 0) is 42.0 Å². The zero-order chi connectivity index (χ0) is 28.2. The molecule has 0 unspecified atom stereocenters. The van der Waals surface area contributed by atoms with Gasteiger partial charge in [0.25, 0.3) is 0 Å². The third-order valence-electron chi connectivity index (χ3n) is 9.34. The molecule has 2 aromatic carbocycles. The fourth-order valence-corrected chi connectivity index (χ4v) is 7.25. The molecule has 2 N–H and O–H groups in total. The minimum Gasteiger partial charge on any atom is -0.359 e. The molecule has 3 aliphatic heterocycles. The van der Waals surface area contributed by atoms with E-state index in [9.17, 15) is 18.8 Å². The maximum Gasteiger partial charge on any atom is 0.246 e. The van der Waals surface area contributed by atoms with Crippen LogP contribution in [0, 0.1) is 29.5 Å². The summed E-state index contributed by atoms with van der Waals surface area (Å²) in [4.78, 5) is 43.4. The fourth-order valence-electron chi connectivity index (χ4n) is 7.06. The van der Waals surface area contributed by atoms with Crippen molar-refractivity contribution in [2.75, 3.05) is 5.32 Å². The molecule has 0 radical (unpaired) electrons. The standard InChI is InChI=1S/C31H33ClFN3O4/c1-17-7-6-10-23(18(17)2)35-29(38)27-31-14-13-24(40-31)25(28(37)34-20-11-12-22(33)21(32)15-20)26(31)30(39)36(27)16-19-8-4-3-5-9-19/h3-5,8-9,11-15,17-18,23-27H,6-7,10,16H2,1-2H3,(H,34,37)(H,35,38)/t17-,18-,23+,24+,25-,26+,27+,31+/m1/s1. The van der Waals surface area contributed by atoms with E-state index in [1.54, 1.807) is 17.1 Å². The van der Waals surface area contributed by atoms with Gasteiger partial charge in [-0.3, -0.25) is 14.4 Å². The highest BCUT2D eigenvalue weighted by atomic mass is 35.5. The van der Waals surface area contributed by atoms with E-state index in [1.807, 2.05) is 30.3 Å². The normalized spacial score (nSPS) is 34.1. The molecule has 8 atom stereocenters. The quantitative estimate of drug-likeness (QED) is 0.497. The lowest BCUT2D eigenvalue weighted by molar-refractivity contribution is -0.142. The van der Waals surface area contributed by atoms with E-state index < -0.39 is 41.3 Å². The number of fused-ring (bicyclic) bond motifs is 1. The number of halogens is 2. The van der Waals surface area contributed by atoms with E-state index in [2.05, 4.69) is 24.5 Å². The van der Waals surface area contributed by atoms with Gasteiger partial charge in [-0.25, -0.2) is 4.39 Å². The van der Waals surface area contributed by atoms with Gasteiger partial charge >= 0.3 is 0 Å². The molecule has 3 fully saturated rings. The van der Waals surface area contributed by atoms with Crippen molar-refractivity contribution in [2.45, 2.75) is 63.4 Å². The van der Waals surface area contributed by atoms with Crippen LogP contribution in [0.5, 0.6) is 0 Å². The Morgan fingerprint density at radius 2 is 1.90 bits per heavy atom. The van der Waals surface area contributed by atoms with E-state index >= 15 is 0 Å². The smallest absolute Gasteiger partial charge is 0.246 e. The van der Waals surface area contributed by atoms with Crippen LogP contribution in [0.2, 0.25) is 5.02 Å². The van der Waals surface area contributed by atoms with E-state index in [4.69, 9.17) is 16.3 Å². The first-order chi connectivity index (χ1) is 19.2. The number of amides is 3. The van der Waals surface area contributed by atoms with Crippen LogP contribution in [0.25, 0.3) is 0 Å². The first-order valence-corrected chi connectivity index (χ1v) is 14.4. The SMILES string of the molecule is C[C@@H]1[C@H](C)CCC[C@@H]1NC(=O)[C@@H]1N(Cc2ccccc2)C(=O)[C@@H]2[C@H](C(=O)Nc3ccc(F)c(Cl)c3)[C@@H]3C=C[C@]21O3. The fraction of sp³-hybridized carbons (Fsp3) is 0.452. The number of carbonyl (C=O) groups excluding carboxylic acids is 3. The molecule has 1 aliphatic carbocycles. The van der Waals surface area contributed by atoms with Gasteiger partial charge in [-0.15, -0.1) is 0 Å². The Morgan fingerprint density at radius 1 is 1.12 bits per heavy atom. The molecule has 3 amide bonds. The van der Waals surface area contributed by atoms with Gasteiger partial charge in [0, 0.05) is 18.3 Å². The Balaban J connectivity index is 1.32. The van der Waals surface area contributed by atoms with Crippen LogP contribution < -0.4 is 10.6 Å². The predicted molar refractivity (Wildman–Crippen MR) is 149 cm³/mol. The van der Waals surface area contributed by atoms with E-state index in [-0.39, 0.29) is 29.4 Å². The lowest BCUT2D eigenvalue weighted by atomic mass is 9.73. The number of benzene rings is 2. The molecule has 2 aromatic rings. The second-order valence-corrected chi connectivity index (χ2v) is 12.1. The summed E-state index contributed by atoms with van der Waals surface area (Å²) in [7, 11) is 0. The third kappa shape index (κ3) is 4.41. The number of rotatable bonds is 6. The van der Waals surface area contributed by atoms with Gasteiger partial charge in [-0.1, -0.05) is 80.8 Å². The molecule has 9 heteroatoms. The Kier molecular flexibility index (Phi) is 6.95. The lowest BCUT2D eigenvalue weighted by Crippen LogP contribution is -2.57. The zero-order valence-electron chi connectivity index (χ0n) is 22.5. The minimum absolute atomic E-state index is 0.00489. The van der Waals surface area contributed by atoms with Crippen LogP contribution in [-0.4, -0.2) is 46.4 Å². The van der Waals surface area contributed by atoms with Gasteiger partial charge < -0.3 is 20.3 Å². The number of hydrogen-bond donors (Lipinski definition) is 2. The number of carbonyl (C=O) groups is 3. The van der Waals surface area contributed by atoms with Crippen molar-refractivity contribution in [3.63, 3.8) is 0 Å². The van der Waals surface area contributed by atoms with Crippen molar-refractivity contribution in [1.29, 1.82) is 0 Å². The molecule has 0 aromatic heterocycles. The first kappa shape index (κ1) is 27.0. The summed E-state index contributed by atoms with van der Waals surface area (Å²) in [5.74, 6) is -2.51. The second-order valence-electron chi connectivity index (χ2n) is 11.7. The van der Waals surface area contributed by atoms with Gasteiger partial charge in [0.15, 0.2) is 0 Å². The van der Waals surface area contributed by atoms with E-state index in [0.717, 1.165) is 24.8 Å². The van der Waals surface area contributed by atoms with Crippen molar-refractivity contribution < 1.29 is 23.5 Å². The summed E-state index contributed by atoms with van der Waals surface area (Å²) in [6.45, 7) is 4.59. The molecule has 2 saturated heterocycles. The number of hydrogen-bond acceptors (Lipinski definition) is 4. The maximum atomic E-state index is 14.1. The van der Waals surface area contributed by atoms with Crippen LogP contribution in [-0.2, 0) is 25.7 Å². The first-order valence-electron chi connectivity index (χ1n) is 14.0. The number of ether oxygens (including phenoxy) is 1. The van der Waals surface area contributed by atoms with Crippen LogP contribution in [0.15, 0.2) is 60.7 Å². The number of anilines is 1. The van der Waals surface area contributed by atoms with Crippen LogP contribution in [0.4, 0.5) is 10.1 Å². The molecule has 3 heterocycles. The van der Waals surface area contributed by atoms with Crippen molar-refractivity contribution >= 4 is 35.0 Å². The maximum absolute atomic E-state index is 14.1. The van der Waals surface area contributed by atoms with Gasteiger partial charge in [0.2, 0.25) is 17.7 Å². The van der Waals surface area contributed by atoms with E-state index in [0.29, 0.717) is 17.5 Å². The molecule has 1 spiro atoms.